The number of benzene rings is 1. The maximum Gasteiger partial charge on any atom is 0.241 e. The molecule has 3 N–H and O–H groups in total. The van der Waals surface area contributed by atoms with Crippen LogP contribution in [0.1, 0.15) is 38.7 Å². The zero-order valence-electron chi connectivity index (χ0n) is 13.3. The molecule has 1 aliphatic heterocycles. The fourth-order valence-electron chi connectivity index (χ4n) is 2.99. The number of carbonyl (C=O) groups is 2. The predicted octanol–water partition coefficient (Wildman–Crippen LogP) is 1.92. The summed E-state index contributed by atoms with van der Waals surface area (Å²) < 4.78 is 0. The number of anilines is 1. The number of nitrogens with two attached hydrogens (primary N) is 1. The highest BCUT2D eigenvalue weighted by molar-refractivity contribution is 5.95. The SMILES string of the molecule is CC(C)N1CCCC[C@H]1C(=O)Nc1ccc(CC(N)=O)cc1. The van der Waals surface area contributed by atoms with Crippen molar-refractivity contribution in [1.29, 1.82) is 0 Å². The van der Waals surface area contributed by atoms with Gasteiger partial charge in [0.1, 0.15) is 0 Å². The standard InChI is InChI=1S/C17H25N3O2/c1-12(2)20-10-4-3-5-15(20)17(22)19-14-8-6-13(7-9-14)11-16(18)21/h6-9,12,15H,3-5,10-11H2,1-2H3,(H2,18,21)(H,19,22)/t15-/m0/s1. The molecule has 1 aliphatic rings. The Bertz CT molecular complexity index is 525. The van der Waals surface area contributed by atoms with E-state index < -0.39 is 0 Å². The Kier molecular flexibility index (Phi) is 5.55. The zero-order valence-corrected chi connectivity index (χ0v) is 13.3. The predicted molar refractivity (Wildman–Crippen MR) is 87.5 cm³/mol. The Balaban J connectivity index is 1.99. The number of likely N-dealkylation sites (tertiary alicyclic amines) is 1. The van der Waals surface area contributed by atoms with E-state index >= 15 is 0 Å². The van der Waals surface area contributed by atoms with E-state index in [1.54, 1.807) is 0 Å². The number of primary amides is 1. The van der Waals surface area contributed by atoms with Crippen molar-refractivity contribution in [2.75, 3.05) is 11.9 Å². The molecule has 0 saturated carbocycles. The van der Waals surface area contributed by atoms with Crippen molar-refractivity contribution in [3.8, 4) is 0 Å². The van der Waals surface area contributed by atoms with Crippen molar-refractivity contribution in [1.82, 2.24) is 4.90 Å². The zero-order chi connectivity index (χ0) is 16.1. The second-order valence-electron chi connectivity index (χ2n) is 6.17. The lowest BCUT2D eigenvalue weighted by molar-refractivity contribution is -0.123. The summed E-state index contributed by atoms with van der Waals surface area (Å²) in [5.41, 5.74) is 6.78. The van der Waals surface area contributed by atoms with E-state index in [9.17, 15) is 9.59 Å². The van der Waals surface area contributed by atoms with Gasteiger partial charge in [-0.05, 0) is 50.9 Å². The van der Waals surface area contributed by atoms with Gasteiger partial charge in [0.05, 0.1) is 12.5 Å². The summed E-state index contributed by atoms with van der Waals surface area (Å²) in [4.78, 5) is 25.7. The van der Waals surface area contributed by atoms with E-state index in [0.717, 1.165) is 37.1 Å². The van der Waals surface area contributed by atoms with Crippen molar-refractivity contribution >= 4 is 17.5 Å². The van der Waals surface area contributed by atoms with Gasteiger partial charge in [0.15, 0.2) is 0 Å². The number of hydrogen-bond acceptors (Lipinski definition) is 3. The summed E-state index contributed by atoms with van der Waals surface area (Å²) in [6.45, 7) is 5.24. The minimum atomic E-state index is -0.355. The lowest BCUT2D eigenvalue weighted by atomic mass is 9.99. The average molecular weight is 303 g/mol. The van der Waals surface area contributed by atoms with E-state index in [-0.39, 0.29) is 24.3 Å². The molecule has 1 aromatic carbocycles. The van der Waals surface area contributed by atoms with Crippen LogP contribution in [0.5, 0.6) is 0 Å². The Morgan fingerprint density at radius 3 is 2.55 bits per heavy atom. The molecule has 0 aliphatic carbocycles. The van der Waals surface area contributed by atoms with Crippen LogP contribution in [0.4, 0.5) is 5.69 Å². The molecule has 1 fully saturated rings. The molecule has 0 spiro atoms. The first-order chi connectivity index (χ1) is 10.5. The summed E-state index contributed by atoms with van der Waals surface area (Å²) >= 11 is 0. The molecule has 2 amide bonds. The largest absolute Gasteiger partial charge is 0.369 e. The molecule has 1 atom stereocenters. The lowest BCUT2D eigenvalue weighted by Crippen LogP contribution is -2.50. The molecule has 2 rings (SSSR count). The first kappa shape index (κ1) is 16.5. The van der Waals surface area contributed by atoms with Gasteiger partial charge in [0.25, 0.3) is 0 Å². The van der Waals surface area contributed by atoms with Gasteiger partial charge in [-0.25, -0.2) is 0 Å². The Morgan fingerprint density at radius 2 is 1.95 bits per heavy atom. The molecule has 0 aromatic heterocycles. The highest BCUT2D eigenvalue weighted by atomic mass is 16.2. The van der Waals surface area contributed by atoms with Crippen LogP contribution in [0.15, 0.2) is 24.3 Å². The van der Waals surface area contributed by atoms with Crippen LogP contribution in [0, 0.1) is 0 Å². The number of piperidine rings is 1. The third-order valence-corrected chi connectivity index (χ3v) is 4.11. The van der Waals surface area contributed by atoms with Gasteiger partial charge in [0, 0.05) is 11.7 Å². The van der Waals surface area contributed by atoms with Crippen molar-refractivity contribution in [3.05, 3.63) is 29.8 Å². The van der Waals surface area contributed by atoms with Crippen LogP contribution in [-0.2, 0) is 16.0 Å². The van der Waals surface area contributed by atoms with E-state index in [0.29, 0.717) is 6.04 Å². The molecule has 5 heteroatoms. The third-order valence-electron chi connectivity index (χ3n) is 4.11. The van der Waals surface area contributed by atoms with Crippen molar-refractivity contribution < 1.29 is 9.59 Å². The number of nitrogens with zero attached hydrogens (tertiary/aromatic N) is 1. The fraction of sp³-hybridized carbons (Fsp3) is 0.529. The van der Waals surface area contributed by atoms with E-state index in [1.165, 1.54) is 0 Å². The van der Waals surface area contributed by atoms with Crippen LogP contribution in [-0.4, -0.2) is 35.3 Å². The molecule has 0 bridgehead atoms. The van der Waals surface area contributed by atoms with Gasteiger partial charge < -0.3 is 11.1 Å². The summed E-state index contributed by atoms with van der Waals surface area (Å²) in [6.07, 6.45) is 3.38. The molecule has 1 aromatic rings. The maximum absolute atomic E-state index is 12.5. The second-order valence-corrected chi connectivity index (χ2v) is 6.17. The fourth-order valence-corrected chi connectivity index (χ4v) is 2.99. The molecule has 1 heterocycles. The molecule has 22 heavy (non-hydrogen) atoms. The number of rotatable bonds is 5. The monoisotopic (exact) mass is 303 g/mol. The number of hydrogen-bond donors (Lipinski definition) is 2. The third kappa shape index (κ3) is 4.31. The van der Waals surface area contributed by atoms with E-state index in [2.05, 4.69) is 24.1 Å². The maximum atomic E-state index is 12.5. The summed E-state index contributed by atoms with van der Waals surface area (Å²) in [5.74, 6) is -0.303. The van der Waals surface area contributed by atoms with E-state index in [1.807, 2.05) is 24.3 Å². The van der Waals surface area contributed by atoms with E-state index in [4.69, 9.17) is 5.73 Å². The Morgan fingerprint density at radius 1 is 1.27 bits per heavy atom. The summed E-state index contributed by atoms with van der Waals surface area (Å²) in [5, 5.41) is 2.98. The first-order valence-electron chi connectivity index (χ1n) is 7.91. The average Bonchev–Trinajstić information content (AvgIpc) is 2.48. The Hall–Kier alpha value is -1.88. The minimum Gasteiger partial charge on any atom is -0.369 e. The molecular formula is C17H25N3O2. The van der Waals surface area contributed by atoms with Crippen LogP contribution >= 0.6 is 0 Å². The number of nitrogens with one attached hydrogen (secondary N) is 1. The highest BCUT2D eigenvalue weighted by Crippen LogP contribution is 2.21. The second kappa shape index (κ2) is 7.40. The smallest absolute Gasteiger partial charge is 0.241 e. The van der Waals surface area contributed by atoms with Crippen molar-refractivity contribution in [2.24, 2.45) is 5.73 Å². The lowest BCUT2D eigenvalue weighted by Gasteiger charge is -2.37. The highest BCUT2D eigenvalue weighted by Gasteiger charge is 2.30. The van der Waals surface area contributed by atoms with Crippen molar-refractivity contribution in [3.63, 3.8) is 0 Å². The van der Waals surface area contributed by atoms with Crippen LogP contribution in [0.3, 0.4) is 0 Å². The van der Waals surface area contributed by atoms with Gasteiger partial charge in [-0.15, -0.1) is 0 Å². The topological polar surface area (TPSA) is 75.4 Å². The molecule has 1 saturated heterocycles. The summed E-state index contributed by atoms with van der Waals surface area (Å²) in [6, 6.07) is 7.59. The van der Waals surface area contributed by atoms with Crippen LogP contribution in [0.25, 0.3) is 0 Å². The van der Waals surface area contributed by atoms with Crippen molar-refractivity contribution in [2.45, 2.75) is 51.6 Å². The molecular weight excluding hydrogens is 278 g/mol. The number of amides is 2. The molecule has 0 unspecified atom stereocenters. The van der Waals surface area contributed by atoms with Gasteiger partial charge in [-0.3, -0.25) is 14.5 Å². The van der Waals surface area contributed by atoms with Gasteiger partial charge in [0.2, 0.25) is 11.8 Å². The van der Waals surface area contributed by atoms with Gasteiger partial charge in [-0.2, -0.15) is 0 Å². The first-order valence-corrected chi connectivity index (χ1v) is 7.91. The number of carbonyl (C=O) groups excluding carboxylic acids is 2. The Labute approximate surface area is 131 Å². The summed E-state index contributed by atoms with van der Waals surface area (Å²) in [7, 11) is 0. The minimum absolute atomic E-state index is 0.0519. The molecule has 5 nitrogen and oxygen atoms in total. The van der Waals surface area contributed by atoms with Gasteiger partial charge >= 0.3 is 0 Å². The normalized spacial score (nSPS) is 19.1. The quantitative estimate of drug-likeness (QED) is 0.872. The molecule has 0 radical (unpaired) electrons. The van der Waals surface area contributed by atoms with Crippen LogP contribution in [0.2, 0.25) is 0 Å². The molecule has 120 valence electrons. The van der Waals surface area contributed by atoms with Crippen LogP contribution < -0.4 is 11.1 Å². The van der Waals surface area contributed by atoms with Gasteiger partial charge in [-0.1, -0.05) is 18.6 Å².